The van der Waals surface area contributed by atoms with Crippen molar-refractivity contribution in [2.75, 3.05) is 10.0 Å². The monoisotopic (exact) mass is 394 g/mol. The molecule has 0 aromatic heterocycles. The average molecular weight is 394 g/mol. The van der Waals surface area contributed by atoms with E-state index < -0.39 is 10.0 Å². The first kappa shape index (κ1) is 19.6. The Morgan fingerprint density at radius 2 is 1.50 bits per heavy atom. The molecule has 0 saturated heterocycles. The maximum Gasteiger partial charge on any atom is 0.261 e. The number of nitrogens with one attached hydrogen (secondary N) is 2. The molecule has 5 nitrogen and oxygen atoms in total. The number of aryl methyl sites for hydroxylation is 3. The second-order valence-electron chi connectivity index (χ2n) is 6.77. The van der Waals surface area contributed by atoms with Gasteiger partial charge in [0.05, 0.1) is 4.90 Å². The highest BCUT2D eigenvalue weighted by Gasteiger charge is 2.15. The predicted octanol–water partition coefficient (Wildman–Crippen LogP) is 4.66. The number of rotatable bonds is 5. The maximum atomic E-state index is 12.6. The van der Waals surface area contributed by atoms with Crippen LogP contribution >= 0.6 is 0 Å². The summed E-state index contributed by atoms with van der Waals surface area (Å²) in [5, 5.41) is 2.87. The van der Waals surface area contributed by atoms with Crippen molar-refractivity contribution in [3.8, 4) is 0 Å². The summed E-state index contributed by atoms with van der Waals surface area (Å²) < 4.78 is 27.6. The molecule has 0 aliphatic carbocycles. The number of hydrogen-bond donors (Lipinski definition) is 2. The molecule has 2 N–H and O–H groups in total. The van der Waals surface area contributed by atoms with E-state index in [0.29, 0.717) is 11.3 Å². The summed E-state index contributed by atoms with van der Waals surface area (Å²) in [6, 6.07) is 18.8. The van der Waals surface area contributed by atoms with Crippen molar-refractivity contribution in [1.29, 1.82) is 0 Å². The van der Waals surface area contributed by atoms with Gasteiger partial charge in [0.1, 0.15) is 0 Å². The van der Waals surface area contributed by atoms with Gasteiger partial charge in [0.2, 0.25) is 0 Å². The number of hydrogen-bond acceptors (Lipinski definition) is 3. The normalized spacial score (nSPS) is 11.1. The SMILES string of the molecule is Cc1ccc(S(=O)(=O)Nc2cccc(C(=O)Nc3ccc(C)cc3C)c2)cc1. The Morgan fingerprint density at radius 1 is 0.821 bits per heavy atom. The van der Waals surface area contributed by atoms with E-state index in [0.717, 1.165) is 22.4 Å². The van der Waals surface area contributed by atoms with Gasteiger partial charge in [0.25, 0.3) is 15.9 Å². The zero-order valence-electron chi connectivity index (χ0n) is 16.0. The standard InChI is InChI=1S/C22H22N2O3S/c1-15-7-10-20(11-8-15)28(26,27)24-19-6-4-5-18(14-19)22(25)23-21-12-9-16(2)13-17(21)3/h4-14,24H,1-3H3,(H,23,25). The lowest BCUT2D eigenvalue weighted by atomic mass is 10.1. The minimum Gasteiger partial charge on any atom is -0.322 e. The van der Waals surface area contributed by atoms with E-state index in [1.54, 1.807) is 42.5 Å². The molecule has 28 heavy (non-hydrogen) atoms. The van der Waals surface area contributed by atoms with E-state index in [1.807, 2.05) is 39.0 Å². The number of anilines is 2. The third-order valence-electron chi connectivity index (χ3n) is 4.34. The molecule has 6 heteroatoms. The van der Waals surface area contributed by atoms with Crippen molar-refractivity contribution in [2.24, 2.45) is 0 Å². The highest BCUT2D eigenvalue weighted by Crippen LogP contribution is 2.20. The van der Waals surface area contributed by atoms with Crippen LogP contribution in [0.4, 0.5) is 11.4 Å². The van der Waals surface area contributed by atoms with E-state index in [2.05, 4.69) is 10.0 Å². The summed E-state index contributed by atoms with van der Waals surface area (Å²) >= 11 is 0. The van der Waals surface area contributed by atoms with Gasteiger partial charge in [-0.25, -0.2) is 8.42 Å². The Bertz CT molecular complexity index is 1120. The number of benzene rings is 3. The summed E-state index contributed by atoms with van der Waals surface area (Å²) in [5.74, 6) is -0.302. The summed E-state index contributed by atoms with van der Waals surface area (Å²) in [6.45, 7) is 5.80. The van der Waals surface area contributed by atoms with Gasteiger partial charge in [-0.3, -0.25) is 9.52 Å². The molecule has 0 fully saturated rings. The van der Waals surface area contributed by atoms with Crippen molar-refractivity contribution < 1.29 is 13.2 Å². The van der Waals surface area contributed by atoms with Gasteiger partial charge in [-0.05, 0) is 62.7 Å². The quantitative estimate of drug-likeness (QED) is 0.661. The maximum absolute atomic E-state index is 12.6. The molecule has 3 aromatic rings. The third-order valence-corrected chi connectivity index (χ3v) is 5.74. The van der Waals surface area contributed by atoms with Crippen LogP contribution in [0.15, 0.2) is 71.6 Å². The van der Waals surface area contributed by atoms with E-state index in [9.17, 15) is 13.2 Å². The molecule has 0 atom stereocenters. The Labute approximate surface area is 165 Å². The van der Waals surface area contributed by atoms with Crippen LogP contribution in [-0.4, -0.2) is 14.3 Å². The number of amides is 1. The number of carbonyl (C=O) groups excluding carboxylic acids is 1. The van der Waals surface area contributed by atoms with E-state index in [4.69, 9.17) is 0 Å². The molecule has 0 aliphatic heterocycles. The minimum absolute atomic E-state index is 0.170. The van der Waals surface area contributed by atoms with Crippen LogP contribution in [0.3, 0.4) is 0 Å². The zero-order valence-corrected chi connectivity index (χ0v) is 16.8. The fourth-order valence-corrected chi connectivity index (χ4v) is 3.85. The van der Waals surface area contributed by atoms with Crippen molar-refractivity contribution >= 4 is 27.3 Å². The predicted molar refractivity (Wildman–Crippen MR) is 112 cm³/mol. The van der Waals surface area contributed by atoms with Crippen molar-refractivity contribution in [3.05, 3.63) is 89.0 Å². The van der Waals surface area contributed by atoms with Crippen LogP contribution in [0.5, 0.6) is 0 Å². The molecule has 0 heterocycles. The van der Waals surface area contributed by atoms with E-state index in [-0.39, 0.29) is 10.8 Å². The van der Waals surface area contributed by atoms with E-state index >= 15 is 0 Å². The Morgan fingerprint density at radius 3 is 2.18 bits per heavy atom. The summed E-state index contributed by atoms with van der Waals surface area (Å²) in [5.41, 5.74) is 4.47. The van der Waals surface area contributed by atoms with Crippen molar-refractivity contribution in [3.63, 3.8) is 0 Å². The van der Waals surface area contributed by atoms with E-state index in [1.165, 1.54) is 6.07 Å². The van der Waals surface area contributed by atoms with Gasteiger partial charge in [0.15, 0.2) is 0 Å². The van der Waals surface area contributed by atoms with Crippen LogP contribution in [0, 0.1) is 20.8 Å². The Kier molecular flexibility index (Phi) is 5.51. The van der Waals surface area contributed by atoms with Gasteiger partial charge in [-0.15, -0.1) is 0 Å². The first-order chi connectivity index (χ1) is 13.2. The molecule has 3 aromatic carbocycles. The second-order valence-corrected chi connectivity index (χ2v) is 8.45. The molecule has 0 bridgehead atoms. The minimum atomic E-state index is -3.72. The fraction of sp³-hybridized carbons (Fsp3) is 0.136. The molecule has 0 spiro atoms. The summed E-state index contributed by atoms with van der Waals surface area (Å²) in [6.07, 6.45) is 0. The first-order valence-electron chi connectivity index (χ1n) is 8.83. The van der Waals surface area contributed by atoms with Crippen LogP contribution < -0.4 is 10.0 Å². The molecular formula is C22H22N2O3S. The molecule has 0 unspecified atom stereocenters. The molecule has 3 rings (SSSR count). The Hall–Kier alpha value is -3.12. The summed E-state index contributed by atoms with van der Waals surface area (Å²) in [4.78, 5) is 12.8. The largest absolute Gasteiger partial charge is 0.322 e. The highest BCUT2D eigenvalue weighted by molar-refractivity contribution is 7.92. The van der Waals surface area contributed by atoms with Gasteiger partial charge in [-0.1, -0.05) is 41.5 Å². The first-order valence-corrected chi connectivity index (χ1v) is 10.3. The molecule has 1 amide bonds. The number of sulfonamides is 1. The smallest absolute Gasteiger partial charge is 0.261 e. The third kappa shape index (κ3) is 4.58. The molecule has 0 aliphatic rings. The fourth-order valence-electron chi connectivity index (χ4n) is 2.80. The lowest BCUT2D eigenvalue weighted by Gasteiger charge is -2.11. The molecule has 0 radical (unpaired) electrons. The average Bonchev–Trinajstić information content (AvgIpc) is 2.64. The van der Waals surface area contributed by atoms with Gasteiger partial charge >= 0.3 is 0 Å². The van der Waals surface area contributed by atoms with Crippen molar-refractivity contribution in [2.45, 2.75) is 25.7 Å². The molecular weight excluding hydrogens is 372 g/mol. The highest BCUT2D eigenvalue weighted by atomic mass is 32.2. The van der Waals surface area contributed by atoms with Gasteiger partial charge < -0.3 is 5.32 Å². The molecule has 144 valence electrons. The Balaban J connectivity index is 1.79. The van der Waals surface area contributed by atoms with Crippen LogP contribution in [0.25, 0.3) is 0 Å². The van der Waals surface area contributed by atoms with Gasteiger partial charge in [0, 0.05) is 16.9 Å². The zero-order chi connectivity index (χ0) is 20.3. The molecule has 0 saturated carbocycles. The second kappa shape index (κ2) is 7.86. The van der Waals surface area contributed by atoms with Gasteiger partial charge in [-0.2, -0.15) is 0 Å². The topological polar surface area (TPSA) is 75.3 Å². The summed E-state index contributed by atoms with van der Waals surface area (Å²) in [7, 11) is -3.72. The van der Waals surface area contributed by atoms with Crippen molar-refractivity contribution in [1.82, 2.24) is 0 Å². The lowest BCUT2D eigenvalue weighted by molar-refractivity contribution is 0.102. The van der Waals surface area contributed by atoms with Crippen LogP contribution in [0.1, 0.15) is 27.0 Å². The van der Waals surface area contributed by atoms with Crippen LogP contribution in [0.2, 0.25) is 0 Å². The number of carbonyl (C=O) groups is 1. The van der Waals surface area contributed by atoms with Crippen LogP contribution in [-0.2, 0) is 10.0 Å². The lowest BCUT2D eigenvalue weighted by Crippen LogP contribution is -2.15.